The van der Waals surface area contributed by atoms with Crippen LogP contribution in [0.1, 0.15) is 33.1 Å². The Morgan fingerprint density at radius 3 is 1.62 bits per heavy atom. The molecule has 0 saturated carbocycles. The maximum absolute atomic E-state index is 12.9. The van der Waals surface area contributed by atoms with E-state index in [0.717, 1.165) is 23.3 Å². The number of amides is 1. The number of carbonyl (C=O) groups excluding carboxylic acids is 1. The van der Waals surface area contributed by atoms with Crippen LogP contribution in [0.4, 0.5) is 11.4 Å². The van der Waals surface area contributed by atoms with Crippen LogP contribution in [0.2, 0.25) is 0 Å². The number of nitrogens with zero attached hydrogens (tertiary/aromatic N) is 2. The maximum atomic E-state index is 12.9. The van der Waals surface area contributed by atoms with E-state index < -0.39 is 33.2 Å². The molecular weight excluding hydrogens is 374 g/mol. The van der Waals surface area contributed by atoms with Crippen molar-refractivity contribution in [1.29, 1.82) is 0 Å². The summed E-state index contributed by atoms with van der Waals surface area (Å²) in [5, 5.41) is 25.4. The van der Waals surface area contributed by atoms with E-state index in [2.05, 4.69) is 5.32 Å². The van der Waals surface area contributed by atoms with Gasteiger partial charge in [-0.2, -0.15) is 0 Å². The molecule has 29 heavy (non-hydrogen) atoms. The molecule has 0 heterocycles. The second kappa shape index (κ2) is 8.30. The summed E-state index contributed by atoms with van der Waals surface area (Å²) in [7, 11) is 0. The predicted molar refractivity (Wildman–Crippen MR) is 107 cm³/mol. The van der Waals surface area contributed by atoms with Gasteiger partial charge in [-0.3, -0.25) is 25.0 Å². The molecule has 146 valence electrons. The molecule has 0 unspecified atom stereocenters. The zero-order valence-corrected chi connectivity index (χ0v) is 15.4. The Kier molecular flexibility index (Phi) is 5.64. The molecular formula is C21H17N3O5. The van der Waals surface area contributed by atoms with Gasteiger partial charge in [0.15, 0.2) is 0 Å². The van der Waals surface area contributed by atoms with Crippen LogP contribution in [-0.4, -0.2) is 15.8 Å². The fourth-order valence-electron chi connectivity index (χ4n) is 3.06. The molecule has 0 radical (unpaired) electrons. The second-order valence-corrected chi connectivity index (χ2v) is 6.38. The lowest BCUT2D eigenvalue weighted by atomic mass is 9.98. The number of hydrogen-bond acceptors (Lipinski definition) is 5. The minimum Gasteiger partial charge on any atom is -0.341 e. The van der Waals surface area contributed by atoms with Crippen molar-refractivity contribution in [3.63, 3.8) is 0 Å². The summed E-state index contributed by atoms with van der Waals surface area (Å²) in [5.74, 6) is -0.645. The molecule has 0 aliphatic heterocycles. The second-order valence-electron chi connectivity index (χ2n) is 6.38. The van der Waals surface area contributed by atoms with Crippen LogP contribution in [0.3, 0.4) is 0 Å². The van der Waals surface area contributed by atoms with E-state index in [-0.39, 0.29) is 11.1 Å². The number of nitro groups is 2. The number of benzene rings is 3. The van der Waals surface area contributed by atoms with Crippen LogP contribution in [0.15, 0.2) is 72.8 Å². The minimum absolute atomic E-state index is 0.0979. The molecule has 0 aliphatic carbocycles. The van der Waals surface area contributed by atoms with Gasteiger partial charge in [0, 0.05) is 12.1 Å². The first-order valence-electron chi connectivity index (χ1n) is 8.72. The first-order valence-corrected chi connectivity index (χ1v) is 8.72. The lowest BCUT2D eigenvalue weighted by Gasteiger charge is -2.20. The lowest BCUT2D eigenvalue weighted by molar-refractivity contribution is -0.395. The van der Waals surface area contributed by atoms with E-state index in [1.807, 2.05) is 60.7 Å². The van der Waals surface area contributed by atoms with Crippen LogP contribution in [0.5, 0.6) is 0 Å². The van der Waals surface area contributed by atoms with Crippen LogP contribution in [0, 0.1) is 27.2 Å². The van der Waals surface area contributed by atoms with Crippen molar-refractivity contribution in [2.45, 2.75) is 13.0 Å². The molecule has 3 aromatic rings. The van der Waals surface area contributed by atoms with E-state index in [0.29, 0.717) is 0 Å². The van der Waals surface area contributed by atoms with Gasteiger partial charge in [-0.1, -0.05) is 60.7 Å². The molecule has 3 rings (SSSR count). The highest BCUT2D eigenvalue weighted by molar-refractivity contribution is 5.96. The Bertz CT molecular complexity index is 994. The quantitative estimate of drug-likeness (QED) is 0.496. The summed E-state index contributed by atoms with van der Waals surface area (Å²) in [6.07, 6.45) is 0. The average Bonchev–Trinajstić information content (AvgIpc) is 2.72. The van der Waals surface area contributed by atoms with Crippen molar-refractivity contribution in [2.75, 3.05) is 0 Å². The van der Waals surface area contributed by atoms with Crippen LogP contribution < -0.4 is 5.32 Å². The minimum atomic E-state index is -0.731. The molecule has 1 amide bonds. The highest BCUT2D eigenvalue weighted by atomic mass is 16.6. The van der Waals surface area contributed by atoms with Gasteiger partial charge in [-0.05, 0) is 18.1 Å². The topological polar surface area (TPSA) is 115 Å². The largest absolute Gasteiger partial charge is 0.341 e. The normalized spacial score (nSPS) is 10.6. The Hall–Kier alpha value is -4.07. The number of nitro benzene ring substituents is 2. The molecule has 3 aromatic carbocycles. The molecule has 0 atom stereocenters. The van der Waals surface area contributed by atoms with Gasteiger partial charge >= 0.3 is 0 Å². The summed E-state index contributed by atoms with van der Waals surface area (Å²) in [4.78, 5) is 34.0. The van der Waals surface area contributed by atoms with Crippen molar-refractivity contribution < 1.29 is 14.6 Å². The molecule has 0 saturated heterocycles. The van der Waals surface area contributed by atoms with E-state index >= 15 is 0 Å². The summed E-state index contributed by atoms with van der Waals surface area (Å²) in [5.41, 5.74) is 0.428. The Morgan fingerprint density at radius 2 is 1.24 bits per heavy atom. The van der Waals surface area contributed by atoms with Gasteiger partial charge in [0.1, 0.15) is 5.56 Å². The van der Waals surface area contributed by atoms with E-state index in [1.54, 1.807) is 0 Å². The SMILES string of the molecule is Cc1c([N+](=O)[O-])cc(C(=O)NC(c2ccccc2)c2ccccc2)cc1[N+](=O)[O-]. The first kappa shape index (κ1) is 19.7. The third-order valence-corrected chi connectivity index (χ3v) is 4.55. The van der Waals surface area contributed by atoms with Gasteiger partial charge in [0.05, 0.1) is 21.5 Å². The van der Waals surface area contributed by atoms with Gasteiger partial charge in [0.25, 0.3) is 17.3 Å². The Labute approximate surface area is 166 Å². The third kappa shape index (κ3) is 4.27. The molecule has 0 fully saturated rings. The highest BCUT2D eigenvalue weighted by Crippen LogP contribution is 2.30. The molecule has 0 aromatic heterocycles. The average molecular weight is 391 g/mol. The number of nitrogens with one attached hydrogen (secondary N) is 1. The van der Waals surface area contributed by atoms with Crippen molar-refractivity contribution in [2.24, 2.45) is 0 Å². The lowest BCUT2D eigenvalue weighted by Crippen LogP contribution is -2.29. The fourth-order valence-corrected chi connectivity index (χ4v) is 3.06. The number of carbonyl (C=O) groups is 1. The van der Waals surface area contributed by atoms with Crippen LogP contribution in [0.25, 0.3) is 0 Å². The standard InChI is InChI=1S/C21H17N3O5/c1-14-18(23(26)27)12-17(13-19(14)24(28)29)21(25)22-20(15-8-4-2-5-9-15)16-10-6-3-7-11-16/h2-13,20H,1H3,(H,22,25). The van der Waals surface area contributed by atoms with Crippen molar-refractivity contribution >= 4 is 17.3 Å². The van der Waals surface area contributed by atoms with Gasteiger partial charge in [-0.25, -0.2) is 0 Å². The van der Waals surface area contributed by atoms with Crippen molar-refractivity contribution in [3.8, 4) is 0 Å². The molecule has 8 nitrogen and oxygen atoms in total. The van der Waals surface area contributed by atoms with Crippen molar-refractivity contribution in [1.82, 2.24) is 5.32 Å². The van der Waals surface area contributed by atoms with Crippen molar-refractivity contribution in [3.05, 3.63) is 115 Å². The highest BCUT2D eigenvalue weighted by Gasteiger charge is 2.26. The van der Waals surface area contributed by atoms with E-state index in [4.69, 9.17) is 0 Å². The summed E-state index contributed by atoms with van der Waals surface area (Å²) >= 11 is 0. The summed E-state index contributed by atoms with van der Waals surface area (Å²) in [6.45, 7) is 1.29. The number of rotatable bonds is 6. The Balaban J connectivity index is 2.03. The number of hydrogen-bond donors (Lipinski definition) is 1. The summed E-state index contributed by atoms with van der Waals surface area (Å²) < 4.78 is 0. The molecule has 0 bridgehead atoms. The predicted octanol–water partition coefficient (Wildman–Crippen LogP) is 4.33. The van der Waals surface area contributed by atoms with Crippen LogP contribution in [-0.2, 0) is 0 Å². The summed E-state index contributed by atoms with van der Waals surface area (Å²) in [6, 6.07) is 20.0. The van der Waals surface area contributed by atoms with Gasteiger partial charge in [0.2, 0.25) is 0 Å². The molecule has 1 N–H and O–H groups in total. The zero-order chi connectivity index (χ0) is 21.0. The van der Waals surface area contributed by atoms with Crippen LogP contribution >= 0.6 is 0 Å². The first-order chi connectivity index (χ1) is 13.9. The molecule has 8 heteroatoms. The monoisotopic (exact) mass is 391 g/mol. The zero-order valence-electron chi connectivity index (χ0n) is 15.4. The third-order valence-electron chi connectivity index (χ3n) is 4.55. The van der Waals surface area contributed by atoms with E-state index in [9.17, 15) is 25.0 Å². The fraction of sp³-hybridized carbons (Fsp3) is 0.0952. The van der Waals surface area contributed by atoms with Gasteiger partial charge in [-0.15, -0.1) is 0 Å². The molecule has 0 spiro atoms. The van der Waals surface area contributed by atoms with Gasteiger partial charge < -0.3 is 5.32 Å². The smallest absolute Gasteiger partial charge is 0.279 e. The Morgan fingerprint density at radius 1 is 0.828 bits per heavy atom. The maximum Gasteiger partial charge on any atom is 0.279 e. The molecule has 0 aliphatic rings. The van der Waals surface area contributed by atoms with E-state index in [1.165, 1.54) is 6.92 Å².